The van der Waals surface area contributed by atoms with Gasteiger partial charge < -0.3 is 9.13 Å². The van der Waals surface area contributed by atoms with Gasteiger partial charge in [0, 0.05) is 27.1 Å². The van der Waals surface area contributed by atoms with E-state index in [0.717, 1.165) is 83.1 Å². The second kappa shape index (κ2) is 13.9. The molecule has 4 nitrogen and oxygen atoms in total. The van der Waals surface area contributed by atoms with Crippen LogP contribution in [0.15, 0.2) is 164 Å². The molecule has 8 aromatic carbocycles. The third-order valence-corrected chi connectivity index (χ3v) is 11.6. The molecule has 60 heavy (non-hydrogen) atoms. The van der Waals surface area contributed by atoms with E-state index in [0.29, 0.717) is 5.69 Å². The van der Waals surface area contributed by atoms with Crippen molar-refractivity contribution in [1.29, 1.82) is 0 Å². The Balaban J connectivity index is 1.38. The van der Waals surface area contributed by atoms with Crippen LogP contribution in [0.1, 0.15) is 16.7 Å². The van der Waals surface area contributed by atoms with Crippen molar-refractivity contribution in [3.05, 3.63) is 203 Å². The Morgan fingerprint density at radius 3 is 1.50 bits per heavy atom. The number of rotatable bonds is 5. The number of nitrogens with zero attached hydrogens (tertiary/aromatic N) is 4. The topological polar surface area (TPSA) is 18.6 Å². The van der Waals surface area contributed by atoms with E-state index in [1.165, 1.54) is 12.1 Å². The van der Waals surface area contributed by atoms with Crippen molar-refractivity contribution >= 4 is 55.0 Å². The Morgan fingerprint density at radius 1 is 0.467 bits per heavy atom. The summed E-state index contributed by atoms with van der Waals surface area (Å²) in [5.74, 6) is 0. The average molecular weight is 783 g/mol. The van der Waals surface area contributed by atoms with Crippen molar-refractivity contribution < 1.29 is 13.2 Å². The summed E-state index contributed by atoms with van der Waals surface area (Å²) in [5.41, 5.74) is 8.98. The predicted octanol–water partition coefficient (Wildman–Crippen LogP) is 15.6. The van der Waals surface area contributed by atoms with E-state index in [1.807, 2.05) is 91.2 Å². The van der Waals surface area contributed by atoms with Crippen molar-refractivity contribution in [3.8, 4) is 44.8 Å². The first-order valence-corrected chi connectivity index (χ1v) is 19.5. The standard InChI is InChI=1S/C53H33F3N4/c1-32-16-20-34(21-17-32)36-24-26-40-38-10-5-7-14-45(38)59(48(40)30-36)47-29-28-42(50-43(53(54,55)56)12-9-13-44(50)57-3)52(51(47)58-4)60-46-15-8-6-11-39(46)41-27-25-37(31-49(41)60)35-22-18-33(2)19-23-35/h5-31H,1-2H3. The SMILES string of the molecule is [C-]#[N+]c1cccc(C(F)(F)F)c1-c1ccc(-n2c3ccccc3c3ccc(-c4ccc(C)cc4)cc32)c([N+]#[C-])c1-n1c2ccccc2c2ccc(-c3ccc(C)cc3)cc21. The van der Waals surface area contributed by atoms with Crippen LogP contribution in [0.25, 0.3) is 98.1 Å². The second-order valence-corrected chi connectivity index (χ2v) is 15.2. The molecule has 7 heteroatoms. The monoisotopic (exact) mass is 782 g/mol. The molecule has 0 aliphatic rings. The zero-order valence-electron chi connectivity index (χ0n) is 32.5. The van der Waals surface area contributed by atoms with Gasteiger partial charge in [0.05, 0.1) is 52.1 Å². The normalized spacial score (nSPS) is 11.7. The summed E-state index contributed by atoms with van der Waals surface area (Å²) < 4.78 is 49.5. The lowest BCUT2D eigenvalue weighted by Crippen LogP contribution is -2.09. The van der Waals surface area contributed by atoms with E-state index >= 15 is 13.2 Å². The van der Waals surface area contributed by atoms with Crippen LogP contribution in [0.4, 0.5) is 24.5 Å². The van der Waals surface area contributed by atoms with E-state index < -0.39 is 11.7 Å². The van der Waals surface area contributed by atoms with Gasteiger partial charge in [-0.05, 0) is 72.0 Å². The van der Waals surface area contributed by atoms with Gasteiger partial charge in [-0.15, -0.1) is 0 Å². The molecule has 0 amide bonds. The Hall–Kier alpha value is -7.87. The molecule has 0 saturated carbocycles. The summed E-state index contributed by atoms with van der Waals surface area (Å²) in [6.45, 7) is 21.2. The predicted molar refractivity (Wildman–Crippen MR) is 238 cm³/mol. The number of benzene rings is 8. The number of aryl methyl sites for hydroxylation is 2. The quantitative estimate of drug-likeness (QED) is 0.155. The van der Waals surface area contributed by atoms with E-state index in [9.17, 15) is 0 Å². The highest BCUT2D eigenvalue weighted by molar-refractivity contribution is 6.14. The van der Waals surface area contributed by atoms with Crippen molar-refractivity contribution in [3.63, 3.8) is 0 Å². The van der Waals surface area contributed by atoms with E-state index in [4.69, 9.17) is 13.1 Å². The fraction of sp³-hybridized carbons (Fsp3) is 0.0566. The second-order valence-electron chi connectivity index (χ2n) is 15.2. The van der Waals surface area contributed by atoms with Crippen LogP contribution in [0.2, 0.25) is 0 Å². The van der Waals surface area contributed by atoms with Gasteiger partial charge in [-0.1, -0.05) is 145 Å². The average Bonchev–Trinajstić information content (AvgIpc) is 3.77. The minimum Gasteiger partial charge on any atom is -0.319 e. The van der Waals surface area contributed by atoms with Gasteiger partial charge in [0.25, 0.3) is 0 Å². The zero-order chi connectivity index (χ0) is 41.3. The maximum absolute atomic E-state index is 15.2. The third kappa shape index (κ3) is 5.74. The Morgan fingerprint density at radius 2 is 0.967 bits per heavy atom. The molecule has 0 atom stereocenters. The van der Waals surface area contributed by atoms with E-state index in [2.05, 4.69) is 74.9 Å². The Bertz CT molecular complexity index is 3450. The molecule has 0 saturated heterocycles. The lowest BCUT2D eigenvalue weighted by Gasteiger charge is -2.23. The first-order chi connectivity index (χ1) is 29.1. The van der Waals surface area contributed by atoms with Gasteiger partial charge in [-0.25, -0.2) is 9.69 Å². The highest BCUT2D eigenvalue weighted by Gasteiger charge is 2.36. The van der Waals surface area contributed by atoms with Crippen molar-refractivity contribution in [2.45, 2.75) is 20.0 Å². The zero-order valence-corrected chi connectivity index (χ0v) is 32.5. The fourth-order valence-electron chi connectivity index (χ4n) is 8.73. The molecule has 2 aromatic heterocycles. The van der Waals surface area contributed by atoms with Gasteiger partial charge in [0.2, 0.25) is 5.69 Å². The highest BCUT2D eigenvalue weighted by Crippen LogP contribution is 2.51. The highest BCUT2D eigenvalue weighted by atomic mass is 19.4. The largest absolute Gasteiger partial charge is 0.415 e. The molecule has 0 aliphatic heterocycles. The molecule has 10 rings (SSSR count). The van der Waals surface area contributed by atoms with Crippen molar-refractivity contribution in [2.75, 3.05) is 0 Å². The molecule has 0 radical (unpaired) electrons. The summed E-state index contributed by atoms with van der Waals surface area (Å²) in [6.07, 6.45) is -4.79. The van der Waals surface area contributed by atoms with Crippen molar-refractivity contribution in [1.82, 2.24) is 9.13 Å². The Kier molecular flexibility index (Phi) is 8.45. The van der Waals surface area contributed by atoms with Gasteiger partial charge in [0.1, 0.15) is 0 Å². The van der Waals surface area contributed by atoms with Crippen LogP contribution in [0.3, 0.4) is 0 Å². The molecule has 0 fully saturated rings. The number of halogens is 3. The van der Waals surface area contributed by atoms with Crippen LogP contribution in [0, 0.1) is 27.0 Å². The molecular formula is C53H33F3N4. The smallest absolute Gasteiger partial charge is 0.319 e. The number of para-hydroxylation sites is 2. The molecule has 2 heterocycles. The summed E-state index contributed by atoms with van der Waals surface area (Å²) >= 11 is 0. The molecule has 286 valence electrons. The van der Waals surface area contributed by atoms with Crippen LogP contribution in [-0.2, 0) is 6.18 Å². The molecular weight excluding hydrogens is 750 g/mol. The fourth-order valence-corrected chi connectivity index (χ4v) is 8.73. The van der Waals surface area contributed by atoms with E-state index in [-0.39, 0.29) is 28.2 Å². The number of alkyl halides is 3. The lowest BCUT2D eigenvalue weighted by atomic mass is 9.94. The third-order valence-electron chi connectivity index (χ3n) is 11.6. The van der Waals surface area contributed by atoms with Gasteiger partial charge in [-0.3, -0.25) is 0 Å². The lowest BCUT2D eigenvalue weighted by molar-refractivity contribution is -0.137. The Labute approximate surface area is 344 Å². The first-order valence-electron chi connectivity index (χ1n) is 19.5. The molecule has 0 N–H and O–H groups in total. The summed E-state index contributed by atoms with van der Waals surface area (Å²) in [5, 5.41) is 3.70. The van der Waals surface area contributed by atoms with Gasteiger partial charge >= 0.3 is 6.18 Å². The number of hydrogen-bond acceptors (Lipinski definition) is 0. The minimum atomic E-state index is -4.79. The first kappa shape index (κ1) is 36.5. The molecule has 10 aromatic rings. The summed E-state index contributed by atoms with van der Waals surface area (Å²) in [7, 11) is 0. The van der Waals surface area contributed by atoms with Gasteiger partial charge in [-0.2, -0.15) is 13.2 Å². The molecule has 0 bridgehead atoms. The molecule has 0 unspecified atom stereocenters. The minimum absolute atomic E-state index is 0.133. The molecule has 0 aliphatic carbocycles. The van der Waals surface area contributed by atoms with Crippen LogP contribution in [-0.4, -0.2) is 9.13 Å². The number of aromatic nitrogens is 2. The van der Waals surface area contributed by atoms with E-state index in [1.54, 1.807) is 12.1 Å². The van der Waals surface area contributed by atoms with Gasteiger partial charge in [0.15, 0.2) is 5.69 Å². The van der Waals surface area contributed by atoms with Crippen LogP contribution < -0.4 is 0 Å². The number of hydrogen-bond donors (Lipinski definition) is 0. The molecule has 0 spiro atoms. The maximum Gasteiger partial charge on any atom is 0.415 e. The van der Waals surface area contributed by atoms with Crippen molar-refractivity contribution in [2.24, 2.45) is 0 Å². The summed E-state index contributed by atoms with van der Waals surface area (Å²) in [6, 6.07) is 51.8. The van der Waals surface area contributed by atoms with Crippen LogP contribution in [0.5, 0.6) is 0 Å². The number of fused-ring (bicyclic) bond motifs is 6. The van der Waals surface area contributed by atoms with Crippen LogP contribution >= 0.6 is 0 Å². The maximum atomic E-state index is 15.2. The summed E-state index contributed by atoms with van der Waals surface area (Å²) in [4.78, 5) is 7.91.